The van der Waals surface area contributed by atoms with Crippen LogP contribution in [0.3, 0.4) is 0 Å². The maximum Gasteiger partial charge on any atom is 0.496 e. The third kappa shape index (κ3) is 4.21. The fraction of sp³-hybridized carbons (Fsp3) is 0.684. The van der Waals surface area contributed by atoms with Gasteiger partial charge in [-0.1, -0.05) is 6.07 Å². The summed E-state index contributed by atoms with van der Waals surface area (Å²) in [6.07, 6.45) is 5.64. The van der Waals surface area contributed by atoms with Gasteiger partial charge in [-0.15, -0.1) is 0 Å². The molecule has 6 nitrogen and oxygen atoms in total. The van der Waals surface area contributed by atoms with Crippen LogP contribution in [-0.2, 0) is 14.1 Å². The van der Waals surface area contributed by atoms with Gasteiger partial charge < -0.3 is 19.2 Å². The minimum atomic E-state index is -0.714. The van der Waals surface area contributed by atoms with E-state index in [1.807, 2.05) is 39.8 Å². The molecule has 1 saturated heterocycles. The average molecular weight is 361 g/mol. The van der Waals surface area contributed by atoms with Crippen molar-refractivity contribution in [2.24, 2.45) is 5.92 Å². The number of pyridine rings is 1. The normalized spacial score (nSPS) is 27.3. The lowest BCUT2D eigenvalue weighted by molar-refractivity contribution is -0.138. The van der Waals surface area contributed by atoms with Gasteiger partial charge in [0.15, 0.2) is 0 Å². The Morgan fingerprint density at radius 1 is 1.19 bits per heavy atom. The highest BCUT2D eigenvalue weighted by Crippen LogP contribution is 2.36. The molecular weight excluding hydrogens is 333 g/mol. The molecule has 1 aromatic rings. The highest BCUT2D eigenvalue weighted by Gasteiger charge is 2.51. The van der Waals surface area contributed by atoms with Crippen molar-refractivity contribution in [2.45, 2.75) is 77.1 Å². The summed E-state index contributed by atoms with van der Waals surface area (Å²) in [7, 11) is -0.423. The summed E-state index contributed by atoms with van der Waals surface area (Å²) in [5.41, 5.74) is 0.129. The molecule has 1 aromatic heterocycles. The quantitative estimate of drug-likeness (QED) is 0.813. The van der Waals surface area contributed by atoms with E-state index in [4.69, 9.17) is 19.2 Å². The minimum Gasteiger partial charge on any atom is -0.481 e. The fourth-order valence-electron chi connectivity index (χ4n) is 3.45. The van der Waals surface area contributed by atoms with Gasteiger partial charge in [-0.05, 0) is 65.4 Å². The van der Waals surface area contributed by atoms with Crippen LogP contribution in [0.25, 0.3) is 0 Å². The molecule has 0 unspecified atom stereocenters. The van der Waals surface area contributed by atoms with Crippen molar-refractivity contribution in [1.82, 2.24) is 4.98 Å². The second kappa shape index (κ2) is 7.20. The first-order chi connectivity index (χ1) is 12.2. The number of hydrogen-bond acceptors (Lipinski definition) is 5. The molecule has 1 aliphatic heterocycles. The van der Waals surface area contributed by atoms with Crippen LogP contribution in [0.4, 0.5) is 0 Å². The van der Waals surface area contributed by atoms with Crippen LogP contribution in [0.5, 0.6) is 5.88 Å². The van der Waals surface area contributed by atoms with Crippen molar-refractivity contribution in [3.05, 3.63) is 18.3 Å². The third-order valence-electron chi connectivity index (χ3n) is 5.83. The SMILES string of the molecule is CC1(C)OB(c2ccc(OC3CCC(CC(=O)O)CC3)nc2)OC1(C)C. The molecule has 1 saturated carbocycles. The van der Waals surface area contributed by atoms with Gasteiger partial charge in [0, 0.05) is 18.1 Å². The number of aromatic nitrogens is 1. The Morgan fingerprint density at radius 2 is 1.81 bits per heavy atom. The second-order valence-corrected chi connectivity index (χ2v) is 8.38. The standard InChI is InChI=1S/C19H28BNO5/c1-18(2)19(3,4)26-20(25-18)14-7-10-16(21-12-14)24-15-8-5-13(6-9-15)11-17(22)23/h7,10,12-13,15H,5-6,8-9,11H2,1-4H3,(H,22,23). The first-order valence-corrected chi connectivity index (χ1v) is 9.36. The summed E-state index contributed by atoms with van der Waals surface area (Å²) in [5, 5.41) is 8.89. The first-order valence-electron chi connectivity index (χ1n) is 9.36. The van der Waals surface area contributed by atoms with E-state index in [-0.39, 0.29) is 29.6 Å². The van der Waals surface area contributed by atoms with Crippen LogP contribution in [0.1, 0.15) is 59.8 Å². The van der Waals surface area contributed by atoms with Gasteiger partial charge in [-0.3, -0.25) is 4.79 Å². The Hall–Kier alpha value is -1.60. The summed E-state index contributed by atoms with van der Waals surface area (Å²) in [4.78, 5) is 15.2. The maximum atomic E-state index is 10.8. The van der Waals surface area contributed by atoms with Gasteiger partial charge in [0.05, 0.1) is 11.2 Å². The molecule has 2 aliphatic rings. The van der Waals surface area contributed by atoms with Gasteiger partial charge >= 0.3 is 13.1 Å². The minimum absolute atomic E-state index is 0.107. The number of carboxylic acids is 1. The molecule has 0 spiro atoms. The van der Waals surface area contributed by atoms with Gasteiger partial charge in [-0.25, -0.2) is 4.98 Å². The molecule has 3 rings (SSSR count). The van der Waals surface area contributed by atoms with Crippen LogP contribution in [-0.4, -0.2) is 40.5 Å². The van der Waals surface area contributed by atoms with Crippen molar-refractivity contribution in [2.75, 3.05) is 0 Å². The second-order valence-electron chi connectivity index (χ2n) is 8.38. The fourth-order valence-corrected chi connectivity index (χ4v) is 3.45. The zero-order valence-electron chi connectivity index (χ0n) is 16.0. The average Bonchev–Trinajstić information content (AvgIpc) is 2.77. The number of rotatable bonds is 5. The lowest BCUT2D eigenvalue weighted by atomic mass is 9.80. The highest BCUT2D eigenvalue weighted by atomic mass is 16.7. The van der Waals surface area contributed by atoms with Gasteiger partial charge in [0.2, 0.25) is 5.88 Å². The topological polar surface area (TPSA) is 77.9 Å². The van der Waals surface area contributed by atoms with Gasteiger partial charge in [0.1, 0.15) is 6.10 Å². The Bertz CT molecular complexity index is 622. The van der Waals surface area contributed by atoms with E-state index in [0.29, 0.717) is 5.88 Å². The first kappa shape index (κ1) is 19.2. The molecule has 1 aliphatic carbocycles. The number of carbonyl (C=O) groups is 1. The van der Waals surface area contributed by atoms with Crippen LogP contribution in [0.2, 0.25) is 0 Å². The molecule has 0 aromatic carbocycles. The molecule has 142 valence electrons. The lowest BCUT2D eigenvalue weighted by Crippen LogP contribution is -2.41. The number of nitrogens with zero attached hydrogens (tertiary/aromatic N) is 1. The lowest BCUT2D eigenvalue weighted by Gasteiger charge is -2.32. The monoisotopic (exact) mass is 361 g/mol. The van der Waals surface area contributed by atoms with Crippen LogP contribution < -0.4 is 10.2 Å². The molecule has 2 fully saturated rings. The van der Waals surface area contributed by atoms with Crippen LogP contribution >= 0.6 is 0 Å². The maximum absolute atomic E-state index is 10.8. The van der Waals surface area contributed by atoms with Crippen molar-refractivity contribution < 1.29 is 23.9 Å². The summed E-state index contributed by atoms with van der Waals surface area (Å²) < 4.78 is 18.0. The van der Waals surface area contributed by atoms with Crippen molar-refractivity contribution in [3.63, 3.8) is 0 Å². The Balaban J connectivity index is 1.54. The van der Waals surface area contributed by atoms with Crippen molar-refractivity contribution in [3.8, 4) is 5.88 Å². The number of aliphatic carboxylic acids is 1. The number of ether oxygens (including phenoxy) is 1. The molecule has 0 atom stereocenters. The van der Waals surface area contributed by atoms with E-state index in [1.165, 1.54) is 0 Å². The van der Waals surface area contributed by atoms with E-state index in [9.17, 15) is 4.79 Å². The van der Waals surface area contributed by atoms with E-state index in [0.717, 1.165) is 31.1 Å². The molecule has 26 heavy (non-hydrogen) atoms. The zero-order chi connectivity index (χ0) is 18.9. The molecule has 0 amide bonds. The summed E-state index contributed by atoms with van der Waals surface area (Å²) in [5.74, 6) is 0.146. The Labute approximate surface area is 155 Å². The molecular formula is C19H28BNO5. The number of hydrogen-bond donors (Lipinski definition) is 1. The zero-order valence-corrected chi connectivity index (χ0v) is 16.0. The molecule has 1 N–H and O–H groups in total. The van der Waals surface area contributed by atoms with E-state index < -0.39 is 13.1 Å². The highest BCUT2D eigenvalue weighted by molar-refractivity contribution is 6.62. The van der Waals surface area contributed by atoms with Gasteiger partial charge in [-0.2, -0.15) is 0 Å². The van der Waals surface area contributed by atoms with E-state index in [2.05, 4.69) is 4.98 Å². The van der Waals surface area contributed by atoms with E-state index >= 15 is 0 Å². The summed E-state index contributed by atoms with van der Waals surface area (Å²) >= 11 is 0. The summed E-state index contributed by atoms with van der Waals surface area (Å²) in [6, 6.07) is 3.78. The number of carboxylic acid groups (broad SMARTS) is 1. The van der Waals surface area contributed by atoms with Gasteiger partial charge in [0.25, 0.3) is 0 Å². The van der Waals surface area contributed by atoms with Crippen LogP contribution in [0, 0.1) is 5.92 Å². The predicted octanol–water partition coefficient (Wildman–Crippen LogP) is 2.79. The molecule has 0 radical (unpaired) electrons. The molecule has 0 bridgehead atoms. The van der Waals surface area contributed by atoms with Crippen molar-refractivity contribution >= 4 is 18.6 Å². The third-order valence-corrected chi connectivity index (χ3v) is 5.83. The predicted molar refractivity (Wildman–Crippen MR) is 98.6 cm³/mol. The largest absolute Gasteiger partial charge is 0.496 e. The molecule has 2 heterocycles. The summed E-state index contributed by atoms with van der Waals surface area (Å²) in [6.45, 7) is 8.11. The molecule has 7 heteroatoms. The van der Waals surface area contributed by atoms with E-state index in [1.54, 1.807) is 6.20 Å². The Kier molecular flexibility index (Phi) is 5.31. The van der Waals surface area contributed by atoms with Crippen molar-refractivity contribution in [1.29, 1.82) is 0 Å². The van der Waals surface area contributed by atoms with Crippen LogP contribution in [0.15, 0.2) is 18.3 Å². The Morgan fingerprint density at radius 3 is 2.31 bits per heavy atom. The smallest absolute Gasteiger partial charge is 0.481 e.